The van der Waals surface area contributed by atoms with Gasteiger partial charge in [0.2, 0.25) is 0 Å². The van der Waals surface area contributed by atoms with Crippen molar-refractivity contribution in [1.29, 1.82) is 0 Å². The van der Waals surface area contributed by atoms with Crippen LogP contribution < -0.4 is 0 Å². The van der Waals surface area contributed by atoms with Crippen LogP contribution in [0.15, 0.2) is 42.6 Å². The number of rotatable bonds is 1. The molecule has 17 heavy (non-hydrogen) atoms. The number of phenols is 1. The first kappa shape index (κ1) is 10.2. The third-order valence-corrected chi connectivity index (χ3v) is 2.95. The minimum absolute atomic E-state index is 0.0876. The summed E-state index contributed by atoms with van der Waals surface area (Å²) in [5, 5.41) is 10.8. The fourth-order valence-corrected chi connectivity index (χ4v) is 1.97. The van der Waals surface area contributed by atoms with Crippen LogP contribution in [0.25, 0.3) is 22.3 Å². The average Bonchev–Trinajstić information content (AvgIpc) is 2.76. The van der Waals surface area contributed by atoms with Crippen LogP contribution in [0, 0.1) is 0 Å². The van der Waals surface area contributed by atoms with E-state index in [0.717, 1.165) is 22.3 Å². The fraction of sp³-hybridized carbons (Fsp3) is 0. The number of halogens is 1. The predicted octanol–water partition coefficient (Wildman–Crippen LogP) is 3.59. The zero-order chi connectivity index (χ0) is 11.8. The van der Waals surface area contributed by atoms with Crippen molar-refractivity contribution in [3.8, 4) is 17.0 Å². The monoisotopic (exact) mass is 244 g/mol. The predicted molar refractivity (Wildman–Crippen MR) is 68.2 cm³/mol. The highest BCUT2D eigenvalue weighted by molar-refractivity contribution is 6.32. The lowest BCUT2D eigenvalue weighted by Gasteiger charge is -2.00. The fourth-order valence-electron chi connectivity index (χ4n) is 1.79. The summed E-state index contributed by atoms with van der Waals surface area (Å²) in [5.74, 6) is 0.0876. The van der Waals surface area contributed by atoms with Crippen molar-refractivity contribution in [3.05, 3.63) is 47.6 Å². The number of aromatic nitrogens is 2. The van der Waals surface area contributed by atoms with E-state index in [2.05, 4.69) is 9.97 Å². The van der Waals surface area contributed by atoms with Crippen molar-refractivity contribution in [2.24, 2.45) is 0 Å². The molecule has 2 heterocycles. The molecule has 0 aliphatic heterocycles. The summed E-state index contributed by atoms with van der Waals surface area (Å²) in [6.45, 7) is 0. The maximum atomic E-state index is 9.38. The van der Waals surface area contributed by atoms with Crippen LogP contribution in [-0.2, 0) is 0 Å². The second-order valence-corrected chi connectivity index (χ2v) is 4.20. The first-order chi connectivity index (χ1) is 8.24. The number of aromatic amines is 1. The van der Waals surface area contributed by atoms with Gasteiger partial charge in [-0.05, 0) is 42.0 Å². The Kier molecular flexibility index (Phi) is 2.27. The van der Waals surface area contributed by atoms with Gasteiger partial charge in [-0.2, -0.15) is 0 Å². The van der Waals surface area contributed by atoms with E-state index in [1.807, 2.05) is 24.3 Å². The molecule has 2 N–H and O–H groups in total. The van der Waals surface area contributed by atoms with Crippen LogP contribution in [0.3, 0.4) is 0 Å². The molecule has 0 saturated heterocycles. The van der Waals surface area contributed by atoms with Gasteiger partial charge in [0, 0.05) is 17.3 Å². The molecule has 3 rings (SSSR count). The topological polar surface area (TPSA) is 48.9 Å². The van der Waals surface area contributed by atoms with Crippen molar-refractivity contribution in [1.82, 2.24) is 9.97 Å². The molecule has 2 aromatic heterocycles. The highest BCUT2D eigenvalue weighted by atomic mass is 35.5. The number of pyridine rings is 1. The van der Waals surface area contributed by atoms with Gasteiger partial charge >= 0.3 is 0 Å². The lowest BCUT2D eigenvalue weighted by molar-refractivity contribution is 0.475. The highest BCUT2D eigenvalue weighted by Gasteiger charge is 2.06. The Morgan fingerprint density at radius 1 is 1.18 bits per heavy atom. The number of nitrogens with zero attached hydrogens (tertiary/aromatic N) is 1. The number of benzene rings is 1. The molecule has 84 valence electrons. The molecule has 3 nitrogen and oxygen atoms in total. The van der Waals surface area contributed by atoms with Crippen LogP contribution in [0.4, 0.5) is 0 Å². The number of aromatic hydroxyl groups is 1. The first-order valence-corrected chi connectivity index (χ1v) is 5.54. The molecule has 0 unspecified atom stereocenters. The average molecular weight is 245 g/mol. The van der Waals surface area contributed by atoms with Gasteiger partial charge in [-0.25, -0.2) is 4.98 Å². The van der Waals surface area contributed by atoms with Gasteiger partial charge in [-0.1, -0.05) is 11.6 Å². The van der Waals surface area contributed by atoms with E-state index in [4.69, 9.17) is 11.6 Å². The van der Waals surface area contributed by atoms with E-state index in [-0.39, 0.29) is 5.75 Å². The summed E-state index contributed by atoms with van der Waals surface area (Å²) in [6, 6.07) is 11.0. The maximum Gasteiger partial charge on any atom is 0.137 e. The lowest BCUT2D eigenvalue weighted by atomic mass is 10.1. The van der Waals surface area contributed by atoms with Crippen LogP contribution in [0.1, 0.15) is 0 Å². The molecule has 1 aromatic carbocycles. The quantitative estimate of drug-likeness (QED) is 0.687. The number of nitrogens with one attached hydrogen (secondary N) is 1. The number of hydrogen-bond acceptors (Lipinski definition) is 2. The minimum Gasteiger partial charge on any atom is -0.506 e. The number of H-pyrrole nitrogens is 1. The largest absolute Gasteiger partial charge is 0.506 e. The third-order valence-electron chi connectivity index (χ3n) is 2.65. The SMILES string of the molecule is Oc1ccc(-c2cc3cccnc3[nH]2)cc1Cl. The third kappa shape index (κ3) is 1.74. The molecule has 0 saturated carbocycles. The van der Waals surface area contributed by atoms with Gasteiger partial charge in [0.25, 0.3) is 0 Å². The maximum absolute atomic E-state index is 9.38. The summed E-state index contributed by atoms with van der Waals surface area (Å²) < 4.78 is 0. The molecular formula is C13H9ClN2O. The molecule has 0 aliphatic rings. The Morgan fingerprint density at radius 3 is 2.82 bits per heavy atom. The smallest absolute Gasteiger partial charge is 0.137 e. The Morgan fingerprint density at radius 2 is 2.06 bits per heavy atom. The van der Waals surface area contributed by atoms with Crippen molar-refractivity contribution < 1.29 is 5.11 Å². The Hall–Kier alpha value is -2.00. The van der Waals surface area contributed by atoms with Gasteiger partial charge in [0.05, 0.1) is 5.02 Å². The molecule has 0 fully saturated rings. The van der Waals surface area contributed by atoms with Crippen LogP contribution in [0.5, 0.6) is 5.75 Å². The van der Waals surface area contributed by atoms with Crippen LogP contribution >= 0.6 is 11.6 Å². The highest BCUT2D eigenvalue weighted by Crippen LogP contribution is 2.30. The minimum atomic E-state index is 0.0876. The van der Waals surface area contributed by atoms with E-state index in [1.165, 1.54) is 0 Å². The van der Waals surface area contributed by atoms with Crippen molar-refractivity contribution in [2.75, 3.05) is 0 Å². The summed E-state index contributed by atoms with van der Waals surface area (Å²) >= 11 is 5.88. The molecule has 0 bridgehead atoms. The van der Waals surface area contributed by atoms with E-state index < -0.39 is 0 Å². The molecule has 3 aromatic rings. The van der Waals surface area contributed by atoms with Crippen molar-refractivity contribution in [2.45, 2.75) is 0 Å². The zero-order valence-electron chi connectivity index (χ0n) is 8.81. The second-order valence-electron chi connectivity index (χ2n) is 3.79. The normalized spacial score (nSPS) is 10.9. The van der Waals surface area contributed by atoms with Crippen LogP contribution in [0.2, 0.25) is 5.02 Å². The molecule has 0 amide bonds. The van der Waals surface area contributed by atoms with E-state index in [0.29, 0.717) is 5.02 Å². The van der Waals surface area contributed by atoms with Gasteiger partial charge in [0.1, 0.15) is 11.4 Å². The molecular weight excluding hydrogens is 236 g/mol. The molecule has 0 atom stereocenters. The lowest BCUT2D eigenvalue weighted by Crippen LogP contribution is -1.78. The summed E-state index contributed by atoms with van der Waals surface area (Å²) in [4.78, 5) is 7.44. The van der Waals surface area contributed by atoms with Gasteiger partial charge < -0.3 is 10.1 Å². The standard InChI is InChI=1S/C13H9ClN2O/c14-10-6-8(3-4-12(10)17)11-7-9-2-1-5-15-13(9)16-11/h1-7,17H,(H,15,16). The molecule has 0 radical (unpaired) electrons. The van der Waals surface area contributed by atoms with Gasteiger partial charge in [-0.15, -0.1) is 0 Å². The van der Waals surface area contributed by atoms with Crippen molar-refractivity contribution in [3.63, 3.8) is 0 Å². The Bertz CT molecular complexity index is 658. The summed E-state index contributed by atoms with van der Waals surface area (Å²) in [5.41, 5.74) is 2.69. The van der Waals surface area contributed by atoms with E-state index in [1.54, 1.807) is 18.3 Å². The Balaban J connectivity index is 2.17. The van der Waals surface area contributed by atoms with E-state index >= 15 is 0 Å². The molecule has 4 heteroatoms. The number of fused-ring (bicyclic) bond motifs is 1. The first-order valence-electron chi connectivity index (χ1n) is 5.17. The number of hydrogen-bond donors (Lipinski definition) is 2. The van der Waals surface area contributed by atoms with Crippen molar-refractivity contribution >= 4 is 22.6 Å². The Labute approximate surface area is 103 Å². The summed E-state index contributed by atoms with van der Waals surface area (Å²) in [7, 11) is 0. The molecule has 0 aliphatic carbocycles. The summed E-state index contributed by atoms with van der Waals surface area (Å²) in [6.07, 6.45) is 1.74. The number of phenolic OH excluding ortho intramolecular Hbond substituents is 1. The van der Waals surface area contributed by atoms with Gasteiger partial charge in [0.15, 0.2) is 0 Å². The van der Waals surface area contributed by atoms with Crippen LogP contribution in [-0.4, -0.2) is 15.1 Å². The zero-order valence-corrected chi connectivity index (χ0v) is 9.57. The second kappa shape index (κ2) is 3.79. The van der Waals surface area contributed by atoms with Gasteiger partial charge in [-0.3, -0.25) is 0 Å². The van der Waals surface area contributed by atoms with E-state index in [9.17, 15) is 5.11 Å². The molecule has 0 spiro atoms.